The maximum Gasteiger partial charge on any atom is 0.0204 e. The summed E-state index contributed by atoms with van der Waals surface area (Å²) in [5.74, 6) is 5.54. The molecule has 5 aliphatic rings. The average molecular weight is 248 g/mol. The third kappa shape index (κ3) is 1.92. The Morgan fingerprint density at radius 3 is 2.22 bits per heavy atom. The molecule has 0 aromatic heterocycles. The fraction of sp³-hybridized carbons (Fsp3) is 1.00. The number of nitrogens with one attached hydrogen (secondary N) is 1. The first-order valence-electron chi connectivity index (χ1n) is 8.21. The van der Waals surface area contributed by atoms with Crippen molar-refractivity contribution in [2.75, 3.05) is 26.7 Å². The number of likely N-dealkylation sites (tertiary alicyclic amines) is 1. The van der Waals surface area contributed by atoms with Crippen LogP contribution < -0.4 is 5.32 Å². The van der Waals surface area contributed by atoms with Crippen LogP contribution in [0.4, 0.5) is 0 Å². The van der Waals surface area contributed by atoms with Crippen molar-refractivity contribution in [2.45, 2.75) is 44.6 Å². The number of hydrogen-bond donors (Lipinski definition) is 1. The fourth-order valence-corrected chi connectivity index (χ4v) is 5.87. The molecule has 1 unspecified atom stereocenters. The minimum atomic E-state index is 0.766. The highest BCUT2D eigenvalue weighted by molar-refractivity contribution is 4.99. The highest BCUT2D eigenvalue weighted by atomic mass is 15.2. The van der Waals surface area contributed by atoms with Crippen molar-refractivity contribution in [1.29, 1.82) is 0 Å². The van der Waals surface area contributed by atoms with Gasteiger partial charge in [-0.05, 0) is 81.7 Å². The van der Waals surface area contributed by atoms with E-state index in [9.17, 15) is 0 Å². The maximum absolute atomic E-state index is 3.45. The molecule has 5 fully saturated rings. The van der Waals surface area contributed by atoms with Crippen LogP contribution in [0.25, 0.3) is 0 Å². The summed E-state index contributed by atoms with van der Waals surface area (Å²) in [5, 5.41) is 3.45. The molecular weight excluding hydrogens is 220 g/mol. The lowest BCUT2D eigenvalue weighted by Gasteiger charge is -2.55. The van der Waals surface area contributed by atoms with Crippen LogP contribution in [-0.4, -0.2) is 37.6 Å². The molecule has 0 aromatic rings. The van der Waals surface area contributed by atoms with Crippen molar-refractivity contribution in [3.63, 3.8) is 0 Å². The zero-order valence-electron chi connectivity index (χ0n) is 11.8. The average Bonchev–Trinajstić information content (AvgIpc) is 2.80. The predicted octanol–water partition coefficient (Wildman–Crippen LogP) is 2.35. The van der Waals surface area contributed by atoms with Crippen molar-refractivity contribution < 1.29 is 0 Å². The van der Waals surface area contributed by atoms with Gasteiger partial charge in [0.15, 0.2) is 0 Å². The molecule has 4 saturated carbocycles. The molecule has 4 bridgehead atoms. The standard InChI is InChI=1S/C16H28N2/c1-17-15-2-3-18(9-15)10-16-13-5-11-4-12(7-13)8-14(16)6-11/h11-17H,2-10H2,1H3. The zero-order chi connectivity index (χ0) is 12.1. The van der Waals surface area contributed by atoms with Crippen LogP contribution in [0.5, 0.6) is 0 Å². The lowest BCUT2D eigenvalue weighted by atomic mass is 9.52. The molecule has 1 aliphatic heterocycles. The summed E-state index contributed by atoms with van der Waals surface area (Å²) in [4.78, 5) is 2.76. The summed E-state index contributed by atoms with van der Waals surface area (Å²) < 4.78 is 0. The summed E-state index contributed by atoms with van der Waals surface area (Å²) in [5.41, 5.74) is 0. The minimum absolute atomic E-state index is 0.766. The molecule has 0 spiro atoms. The third-order valence-corrected chi connectivity index (χ3v) is 6.57. The molecule has 18 heavy (non-hydrogen) atoms. The molecule has 1 heterocycles. The van der Waals surface area contributed by atoms with Crippen LogP contribution in [-0.2, 0) is 0 Å². The van der Waals surface area contributed by atoms with Crippen LogP contribution in [0.2, 0.25) is 0 Å². The van der Waals surface area contributed by atoms with Gasteiger partial charge in [0.05, 0.1) is 0 Å². The molecule has 4 aliphatic carbocycles. The highest BCUT2D eigenvalue weighted by Gasteiger charge is 2.48. The Morgan fingerprint density at radius 1 is 1.00 bits per heavy atom. The van der Waals surface area contributed by atoms with E-state index in [0.717, 1.165) is 35.6 Å². The number of likely N-dealkylation sites (N-methyl/N-ethyl adjacent to an activating group) is 1. The van der Waals surface area contributed by atoms with Crippen molar-refractivity contribution in [3.8, 4) is 0 Å². The van der Waals surface area contributed by atoms with Crippen molar-refractivity contribution >= 4 is 0 Å². The van der Waals surface area contributed by atoms with E-state index < -0.39 is 0 Å². The van der Waals surface area contributed by atoms with Gasteiger partial charge < -0.3 is 10.2 Å². The number of rotatable bonds is 3. The number of nitrogens with zero attached hydrogens (tertiary/aromatic N) is 1. The van der Waals surface area contributed by atoms with Crippen molar-refractivity contribution in [1.82, 2.24) is 10.2 Å². The van der Waals surface area contributed by atoms with E-state index in [-0.39, 0.29) is 0 Å². The van der Waals surface area contributed by atoms with Gasteiger partial charge in [0.2, 0.25) is 0 Å². The van der Waals surface area contributed by atoms with Crippen LogP contribution in [0.1, 0.15) is 38.5 Å². The van der Waals surface area contributed by atoms with Gasteiger partial charge in [0, 0.05) is 19.1 Å². The fourth-order valence-electron chi connectivity index (χ4n) is 5.87. The molecule has 1 atom stereocenters. The third-order valence-electron chi connectivity index (χ3n) is 6.57. The Morgan fingerprint density at radius 2 is 1.67 bits per heavy atom. The quantitative estimate of drug-likeness (QED) is 0.825. The van der Waals surface area contributed by atoms with Crippen LogP contribution >= 0.6 is 0 Å². The normalized spacial score (nSPS) is 51.2. The van der Waals surface area contributed by atoms with Gasteiger partial charge >= 0.3 is 0 Å². The summed E-state index contributed by atoms with van der Waals surface area (Å²) in [6, 6.07) is 0.766. The van der Waals surface area contributed by atoms with Crippen LogP contribution in [0.15, 0.2) is 0 Å². The Labute approximate surface area is 111 Å². The first kappa shape index (κ1) is 11.7. The van der Waals surface area contributed by atoms with E-state index >= 15 is 0 Å². The molecule has 102 valence electrons. The lowest BCUT2D eigenvalue weighted by molar-refractivity contribution is -0.0470. The molecule has 5 rings (SSSR count). The summed E-state index contributed by atoms with van der Waals surface area (Å²) in [6.45, 7) is 4.07. The van der Waals surface area contributed by atoms with Gasteiger partial charge in [0.25, 0.3) is 0 Å². The maximum atomic E-state index is 3.45. The van der Waals surface area contributed by atoms with Gasteiger partial charge in [-0.15, -0.1) is 0 Å². The second kappa shape index (κ2) is 4.49. The summed E-state index contributed by atoms with van der Waals surface area (Å²) in [6.07, 6.45) is 9.29. The largest absolute Gasteiger partial charge is 0.316 e. The molecule has 0 radical (unpaired) electrons. The Balaban J connectivity index is 1.40. The Kier molecular flexibility index (Phi) is 2.92. The highest BCUT2D eigenvalue weighted by Crippen LogP contribution is 2.56. The monoisotopic (exact) mass is 248 g/mol. The molecule has 1 saturated heterocycles. The van der Waals surface area contributed by atoms with E-state index in [1.165, 1.54) is 26.1 Å². The van der Waals surface area contributed by atoms with Gasteiger partial charge in [-0.2, -0.15) is 0 Å². The van der Waals surface area contributed by atoms with Crippen LogP contribution in [0, 0.1) is 29.6 Å². The second-order valence-corrected chi connectivity index (χ2v) is 7.63. The van der Waals surface area contributed by atoms with Gasteiger partial charge in [-0.25, -0.2) is 0 Å². The van der Waals surface area contributed by atoms with Gasteiger partial charge in [-0.3, -0.25) is 0 Å². The van der Waals surface area contributed by atoms with Crippen LogP contribution in [0.3, 0.4) is 0 Å². The van der Waals surface area contributed by atoms with Crippen molar-refractivity contribution in [3.05, 3.63) is 0 Å². The molecular formula is C16H28N2. The van der Waals surface area contributed by atoms with E-state index in [2.05, 4.69) is 17.3 Å². The molecule has 2 nitrogen and oxygen atoms in total. The van der Waals surface area contributed by atoms with Crippen molar-refractivity contribution in [2.24, 2.45) is 29.6 Å². The van der Waals surface area contributed by atoms with E-state index in [1.54, 1.807) is 32.1 Å². The summed E-state index contributed by atoms with van der Waals surface area (Å²) in [7, 11) is 2.12. The topological polar surface area (TPSA) is 15.3 Å². The predicted molar refractivity (Wildman–Crippen MR) is 74.4 cm³/mol. The van der Waals surface area contributed by atoms with E-state index in [1.807, 2.05) is 0 Å². The SMILES string of the molecule is CNC1CCN(CC2C3CC4CC(C3)CC2C4)C1. The molecule has 0 amide bonds. The number of hydrogen-bond acceptors (Lipinski definition) is 2. The molecule has 0 aromatic carbocycles. The van der Waals surface area contributed by atoms with Gasteiger partial charge in [0.1, 0.15) is 0 Å². The van der Waals surface area contributed by atoms with E-state index in [0.29, 0.717) is 0 Å². The first-order valence-corrected chi connectivity index (χ1v) is 8.21. The van der Waals surface area contributed by atoms with Gasteiger partial charge in [-0.1, -0.05) is 0 Å². The zero-order valence-corrected chi connectivity index (χ0v) is 11.8. The summed E-state index contributed by atoms with van der Waals surface area (Å²) >= 11 is 0. The van der Waals surface area contributed by atoms with E-state index in [4.69, 9.17) is 0 Å². The molecule has 2 heteroatoms. The second-order valence-electron chi connectivity index (χ2n) is 7.63. The first-order chi connectivity index (χ1) is 8.81. The Hall–Kier alpha value is -0.0800. The minimum Gasteiger partial charge on any atom is -0.316 e. The lowest BCUT2D eigenvalue weighted by Crippen LogP contribution is -2.49. The smallest absolute Gasteiger partial charge is 0.0204 e. The molecule has 1 N–H and O–H groups in total. The Bertz CT molecular complexity index is 286.